The second kappa shape index (κ2) is 3.92. The van der Waals surface area contributed by atoms with Crippen molar-refractivity contribution in [1.29, 1.82) is 0 Å². The van der Waals surface area contributed by atoms with Gasteiger partial charge in [-0.05, 0) is 16.9 Å². The number of carbonyl (C=O) groups excluding carboxylic acids is 1. The summed E-state index contributed by atoms with van der Waals surface area (Å²) in [6, 6.07) is 1.91. The SMILES string of the molecule is CC(C)(C)CC(=O)Nc1ccsc1. The smallest absolute Gasteiger partial charge is 0.224 e. The molecule has 0 bridgehead atoms. The molecule has 0 aliphatic carbocycles. The van der Waals surface area contributed by atoms with Crippen molar-refractivity contribution in [3.05, 3.63) is 16.8 Å². The van der Waals surface area contributed by atoms with Gasteiger partial charge in [0.15, 0.2) is 0 Å². The molecule has 3 heteroatoms. The molecule has 1 amide bonds. The maximum Gasteiger partial charge on any atom is 0.224 e. The molecule has 1 N–H and O–H groups in total. The van der Waals surface area contributed by atoms with Crippen LogP contribution in [0.5, 0.6) is 0 Å². The number of nitrogens with one attached hydrogen (secondary N) is 1. The summed E-state index contributed by atoms with van der Waals surface area (Å²) in [6.07, 6.45) is 0.558. The Morgan fingerprint density at radius 1 is 1.54 bits per heavy atom. The van der Waals surface area contributed by atoms with Crippen LogP contribution in [0.15, 0.2) is 16.8 Å². The average molecular weight is 197 g/mol. The van der Waals surface area contributed by atoms with Gasteiger partial charge in [0.25, 0.3) is 0 Å². The molecule has 1 aromatic heterocycles. The number of amides is 1. The third-order valence-electron chi connectivity index (χ3n) is 1.50. The molecule has 0 aliphatic heterocycles. The fourth-order valence-electron chi connectivity index (χ4n) is 1.02. The Bertz CT molecular complexity index is 272. The molecule has 0 aromatic carbocycles. The van der Waals surface area contributed by atoms with Gasteiger partial charge in [-0.15, -0.1) is 0 Å². The highest BCUT2D eigenvalue weighted by molar-refractivity contribution is 7.08. The molecule has 1 rings (SSSR count). The first-order valence-corrected chi connectivity index (χ1v) is 5.24. The van der Waals surface area contributed by atoms with Gasteiger partial charge in [-0.1, -0.05) is 20.8 Å². The van der Waals surface area contributed by atoms with Gasteiger partial charge in [-0.2, -0.15) is 11.3 Å². The lowest BCUT2D eigenvalue weighted by molar-refractivity contribution is -0.117. The van der Waals surface area contributed by atoms with E-state index in [-0.39, 0.29) is 11.3 Å². The molecule has 2 nitrogen and oxygen atoms in total. The largest absolute Gasteiger partial charge is 0.325 e. The van der Waals surface area contributed by atoms with Gasteiger partial charge in [0.05, 0.1) is 5.69 Å². The molecule has 72 valence electrons. The summed E-state index contributed by atoms with van der Waals surface area (Å²) in [5, 5.41) is 6.73. The van der Waals surface area contributed by atoms with Crippen LogP contribution in [0.4, 0.5) is 5.69 Å². The van der Waals surface area contributed by atoms with Crippen LogP contribution in [0.3, 0.4) is 0 Å². The van der Waals surface area contributed by atoms with Crippen LogP contribution in [0.1, 0.15) is 27.2 Å². The Labute approximate surface area is 83.0 Å². The number of thiophene rings is 1. The van der Waals surface area contributed by atoms with Crippen molar-refractivity contribution in [1.82, 2.24) is 0 Å². The number of anilines is 1. The molecular weight excluding hydrogens is 182 g/mol. The predicted octanol–water partition coefficient (Wildman–Crippen LogP) is 3.12. The van der Waals surface area contributed by atoms with Crippen molar-refractivity contribution in [3.63, 3.8) is 0 Å². The molecule has 0 aliphatic rings. The highest BCUT2D eigenvalue weighted by Gasteiger charge is 2.15. The molecule has 0 saturated carbocycles. The summed E-state index contributed by atoms with van der Waals surface area (Å²) in [6.45, 7) is 6.17. The Kier molecular flexibility index (Phi) is 3.09. The van der Waals surface area contributed by atoms with Gasteiger partial charge >= 0.3 is 0 Å². The molecule has 13 heavy (non-hydrogen) atoms. The molecule has 0 fully saturated rings. The summed E-state index contributed by atoms with van der Waals surface area (Å²) in [7, 11) is 0. The lowest BCUT2D eigenvalue weighted by atomic mass is 9.92. The first-order valence-electron chi connectivity index (χ1n) is 4.29. The van der Waals surface area contributed by atoms with E-state index >= 15 is 0 Å². The topological polar surface area (TPSA) is 29.1 Å². The zero-order valence-electron chi connectivity index (χ0n) is 8.26. The Morgan fingerprint density at radius 2 is 2.23 bits per heavy atom. The lowest BCUT2D eigenvalue weighted by Crippen LogP contribution is -2.19. The first kappa shape index (κ1) is 10.3. The van der Waals surface area contributed by atoms with Gasteiger partial charge in [0.1, 0.15) is 0 Å². The van der Waals surface area contributed by atoms with Gasteiger partial charge in [-0.3, -0.25) is 4.79 Å². The van der Waals surface area contributed by atoms with Crippen LogP contribution in [0.25, 0.3) is 0 Å². The van der Waals surface area contributed by atoms with Crippen molar-refractivity contribution >= 4 is 22.9 Å². The summed E-state index contributed by atoms with van der Waals surface area (Å²) in [5.74, 6) is 0.0888. The Balaban J connectivity index is 2.43. The number of carbonyl (C=O) groups is 1. The maximum absolute atomic E-state index is 11.4. The Morgan fingerprint density at radius 3 is 2.69 bits per heavy atom. The standard InChI is InChI=1S/C10H15NOS/c1-10(2,3)6-9(12)11-8-4-5-13-7-8/h4-5,7H,6H2,1-3H3,(H,11,12). The zero-order valence-corrected chi connectivity index (χ0v) is 9.07. The summed E-state index contributed by atoms with van der Waals surface area (Å²) >= 11 is 1.58. The van der Waals surface area contributed by atoms with Crippen molar-refractivity contribution in [2.75, 3.05) is 5.32 Å². The van der Waals surface area contributed by atoms with Crippen molar-refractivity contribution < 1.29 is 4.79 Å². The van der Waals surface area contributed by atoms with E-state index in [0.29, 0.717) is 6.42 Å². The van der Waals surface area contributed by atoms with Crippen LogP contribution < -0.4 is 5.32 Å². The lowest BCUT2D eigenvalue weighted by Gasteiger charge is -2.16. The molecule has 1 heterocycles. The summed E-state index contributed by atoms with van der Waals surface area (Å²) in [5.41, 5.74) is 0.958. The van der Waals surface area contributed by atoms with E-state index in [1.807, 2.05) is 16.8 Å². The quantitative estimate of drug-likeness (QED) is 0.775. The van der Waals surface area contributed by atoms with E-state index in [9.17, 15) is 4.79 Å². The third-order valence-corrected chi connectivity index (χ3v) is 2.18. The highest BCUT2D eigenvalue weighted by Crippen LogP contribution is 2.20. The van der Waals surface area contributed by atoms with Crippen LogP contribution in [-0.4, -0.2) is 5.91 Å². The van der Waals surface area contributed by atoms with E-state index in [1.165, 1.54) is 0 Å². The zero-order chi connectivity index (χ0) is 9.90. The van der Waals surface area contributed by atoms with E-state index in [4.69, 9.17) is 0 Å². The Hall–Kier alpha value is -0.830. The summed E-state index contributed by atoms with van der Waals surface area (Å²) < 4.78 is 0. The van der Waals surface area contributed by atoms with Gasteiger partial charge in [-0.25, -0.2) is 0 Å². The molecule has 1 aromatic rings. The minimum Gasteiger partial charge on any atom is -0.325 e. The molecule has 0 atom stereocenters. The maximum atomic E-state index is 11.4. The van der Waals surface area contributed by atoms with E-state index < -0.39 is 0 Å². The monoisotopic (exact) mass is 197 g/mol. The second-order valence-corrected chi connectivity index (χ2v) is 5.08. The number of hydrogen-bond acceptors (Lipinski definition) is 2. The van der Waals surface area contributed by atoms with Crippen molar-refractivity contribution in [3.8, 4) is 0 Å². The van der Waals surface area contributed by atoms with Gasteiger partial charge < -0.3 is 5.32 Å². The summed E-state index contributed by atoms with van der Waals surface area (Å²) in [4.78, 5) is 11.4. The number of rotatable bonds is 2. The van der Waals surface area contributed by atoms with Crippen molar-refractivity contribution in [2.45, 2.75) is 27.2 Å². The predicted molar refractivity (Wildman–Crippen MR) is 57.0 cm³/mol. The van der Waals surface area contributed by atoms with Crippen molar-refractivity contribution in [2.24, 2.45) is 5.41 Å². The third kappa shape index (κ3) is 4.08. The van der Waals surface area contributed by atoms with Crippen LogP contribution in [0.2, 0.25) is 0 Å². The molecule has 0 saturated heterocycles. The molecule has 0 radical (unpaired) electrons. The molecule has 0 spiro atoms. The van der Waals surface area contributed by atoms with Gasteiger partial charge in [0.2, 0.25) is 5.91 Å². The second-order valence-electron chi connectivity index (χ2n) is 4.30. The first-order chi connectivity index (χ1) is 5.97. The van der Waals surface area contributed by atoms with Crippen LogP contribution in [0, 0.1) is 5.41 Å². The van der Waals surface area contributed by atoms with Gasteiger partial charge in [0, 0.05) is 11.8 Å². The fraction of sp³-hybridized carbons (Fsp3) is 0.500. The van der Waals surface area contributed by atoms with E-state index in [0.717, 1.165) is 5.69 Å². The normalized spacial score (nSPS) is 11.3. The van der Waals surface area contributed by atoms with Crippen LogP contribution in [-0.2, 0) is 4.79 Å². The minimum atomic E-state index is 0.0557. The van der Waals surface area contributed by atoms with E-state index in [2.05, 4.69) is 26.1 Å². The average Bonchev–Trinajstić information content (AvgIpc) is 2.34. The van der Waals surface area contributed by atoms with Crippen LogP contribution >= 0.6 is 11.3 Å². The fourth-order valence-corrected chi connectivity index (χ4v) is 1.61. The minimum absolute atomic E-state index is 0.0557. The molecular formula is C10H15NOS. The highest BCUT2D eigenvalue weighted by atomic mass is 32.1. The van der Waals surface area contributed by atoms with E-state index in [1.54, 1.807) is 11.3 Å². The molecule has 0 unspecified atom stereocenters. The number of hydrogen-bond donors (Lipinski definition) is 1.